The van der Waals surface area contributed by atoms with Crippen LogP contribution in [0.4, 0.5) is 5.69 Å². The third kappa shape index (κ3) is 2.32. The molecule has 3 heterocycles. The number of hydrogen-bond donors (Lipinski definition) is 0. The maximum Gasteiger partial charge on any atom is 0.290 e. The molecular weight excluding hydrogens is 384 g/mol. The molecule has 1 aliphatic carbocycles. The summed E-state index contributed by atoms with van der Waals surface area (Å²) in [6, 6.07) is 7.42. The Bertz CT molecular complexity index is 970. The molecular formula is C23H26N2O5. The van der Waals surface area contributed by atoms with Gasteiger partial charge in [0, 0.05) is 38.6 Å². The number of benzene rings is 1. The topological polar surface area (TPSA) is 76.1 Å². The minimum Gasteiger partial charge on any atom is -0.483 e. The first kappa shape index (κ1) is 19.3. The van der Waals surface area contributed by atoms with Gasteiger partial charge in [-0.25, -0.2) is 0 Å². The predicted molar refractivity (Wildman–Crippen MR) is 109 cm³/mol. The van der Waals surface area contributed by atoms with E-state index < -0.39 is 5.54 Å². The molecule has 3 atom stereocenters. The van der Waals surface area contributed by atoms with Crippen LogP contribution in [0, 0.1) is 5.92 Å². The van der Waals surface area contributed by atoms with E-state index in [4.69, 9.17) is 9.47 Å². The lowest BCUT2D eigenvalue weighted by Gasteiger charge is -2.38. The SMILES string of the molecule is COCCCN1C(=O)C2=C(C(=O)C3CCCCC3O2)C12C(=O)N(C)c1ccccc12. The van der Waals surface area contributed by atoms with Crippen LogP contribution in [0.1, 0.15) is 37.7 Å². The summed E-state index contributed by atoms with van der Waals surface area (Å²) >= 11 is 0. The van der Waals surface area contributed by atoms with E-state index >= 15 is 0 Å². The summed E-state index contributed by atoms with van der Waals surface area (Å²) in [4.78, 5) is 44.2. The molecule has 7 heteroatoms. The predicted octanol–water partition coefficient (Wildman–Crippen LogP) is 2.15. The molecule has 1 spiro atoms. The molecule has 30 heavy (non-hydrogen) atoms. The number of amides is 2. The number of para-hydroxylation sites is 1. The van der Waals surface area contributed by atoms with Gasteiger partial charge >= 0.3 is 0 Å². The highest BCUT2D eigenvalue weighted by Gasteiger charge is 2.67. The number of methoxy groups -OCH3 is 1. The summed E-state index contributed by atoms with van der Waals surface area (Å²) in [6.45, 7) is 0.760. The van der Waals surface area contributed by atoms with E-state index in [1.807, 2.05) is 24.3 Å². The van der Waals surface area contributed by atoms with Crippen LogP contribution in [0.2, 0.25) is 0 Å². The Morgan fingerprint density at radius 3 is 2.73 bits per heavy atom. The van der Waals surface area contributed by atoms with Crippen LogP contribution in [0.3, 0.4) is 0 Å². The Morgan fingerprint density at radius 1 is 1.17 bits per heavy atom. The van der Waals surface area contributed by atoms with Crippen molar-refractivity contribution in [1.29, 1.82) is 0 Å². The molecule has 0 N–H and O–H groups in total. The van der Waals surface area contributed by atoms with Crippen LogP contribution in [0.15, 0.2) is 35.6 Å². The highest BCUT2D eigenvalue weighted by atomic mass is 16.5. The van der Waals surface area contributed by atoms with Crippen molar-refractivity contribution in [1.82, 2.24) is 4.90 Å². The van der Waals surface area contributed by atoms with E-state index in [-0.39, 0.29) is 41.0 Å². The standard InChI is InChI=1S/C23H26N2O5/c1-24-16-10-5-4-9-15(16)23(22(24)28)18-19(26)14-8-3-6-11-17(14)30-20(18)21(27)25(23)12-7-13-29-2/h4-5,9-10,14,17H,3,6-8,11-13H2,1-2H3. The summed E-state index contributed by atoms with van der Waals surface area (Å²) in [6.07, 6.45) is 3.74. The number of ketones is 1. The number of likely N-dealkylation sites (N-methyl/N-ethyl adjacent to an activating group) is 1. The van der Waals surface area contributed by atoms with Crippen molar-refractivity contribution >= 4 is 23.3 Å². The summed E-state index contributed by atoms with van der Waals surface area (Å²) in [5.41, 5.74) is 0.207. The second-order valence-electron chi connectivity index (χ2n) is 8.51. The zero-order chi connectivity index (χ0) is 21.0. The summed E-state index contributed by atoms with van der Waals surface area (Å²) in [7, 11) is 3.30. The van der Waals surface area contributed by atoms with Gasteiger partial charge in [-0.3, -0.25) is 14.4 Å². The quantitative estimate of drug-likeness (QED) is 0.711. The number of anilines is 1. The number of fused-ring (bicyclic) bond motifs is 4. The number of rotatable bonds is 4. The lowest BCUT2D eigenvalue weighted by Crippen LogP contribution is -2.54. The Balaban J connectivity index is 1.71. The van der Waals surface area contributed by atoms with Crippen molar-refractivity contribution in [3.63, 3.8) is 0 Å². The van der Waals surface area contributed by atoms with Crippen molar-refractivity contribution in [3.8, 4) is 0 Å². The minimum atomic E-state index is -1.44. The fourth-order valence-electron chi connectivity index (χ4n) is 5.63. The molecule has 158 valence electrons. The molecule has 0 aromatic heterocycles. The first-order chi connectivity index (χ1) is 14.5. The second kappa shape index (κ2) is 6.94. The fraction of sp³-hybridized carbons (Fsp3) is 0.522. The molecule has 3 aliphatic heterocycles. The normalized spacial score (nSPS) is 30.0. The van der Waals surface area contributed by atoms with Crippen LogP contribution in [0.25, 0.3) is 0 Å². The van der Waals surface area contributed by atoms with Gasteiger partial charge in [0.15, 0.2) is 17.1 Å². The van der Waals surface area contributed by atoms with Crippen molar-refractivity contribution in [3.05, 3.63) is 41.2 Å². The smallest absolute Gasteiger partial charge is 0.290 e. The first-order valence-electron chi connectivity index (χ1n) is 10.7. The number of carbonyl (C=O) groups excluding carboxylic acids is 3. The molecule has 1 fully saturated rings. The zero-order valence-corrected chi connectivity index (χ0v) is 17.3. The van der Waals surface area contributed by atoms with Crippen LogP contribution in [0.5, 0.6) is 0 Å². The van der Waals surface area contributed by atoms with Crippen LogP contribution in [-0.2, 0) is 29.4 Å². The minimum absolute atomic E-state index is 0.0824. The largest absolute Gasteiger partial charge is 0.483 e. The van der Waals surface area contributed by atoms with Gasteiger partial charge in [-0.1, -0.05) is 24.6 Å². The average molecular weight is 410 g/mol. The van der Waals surface area contributed by atoms with Crippen molar-refractivity contribution in [2.24, 2.45) is 5.92 Å². The molecule has 0 radical (unpaired) electrons. The molecule has 3 unspecified atom stereocenters. The van der Waals surface area contributed by atoms with Crippen molar-refractivity contribution in [2.45, 2.75) is 43.7 Å². The lowest BCUT2D eigenvalue weighted by molar-refractivity contribution is -0.140. The first-order valence-corrected chi connectivity index (χ1v) is 10.7. The number of Topliss-reactive ketones (excluding diaryl/α,β-unsaturated/α-hetero) is 1. The Labute approximate surface area is 175 Å². The van der Waals surface area contributed by atoms with Gasteiger partial charge in [-0.2, -0.15) is 0 Å². The van der Waals surface area contributed by atoms with Gasteiger partial charge in [0.25, 0.3) is 11.8 Å². The molecule has 4 aliphatic rings. The highest BCUT2D eigenvalue weighted by Crippen LogP contribution is 2.56. The van der Waals surface area contributed by atoms with Crippen LogP contribution < -0.4 is 4.90 Å². The van der Waals surface area contributed by atoms with E-state index in [1.165, 1.54) is 0 Å². The highest BCUT2D eigenvalue weighted by molar-refractivity contribution is 6.23. The molecule has 1 saturated carbocycles. The van der Waals surface area contributed by atoms with E-state index in [0.29, 0.717) is 25.1 Å². The summed E-state index contributed by atoms with van der Waals surface area (Å²) in [5, 5.41) is 0. The third-order valence-corrected chi connectivity index (χ3v) is 6.99. The number of hydrogen-bond acceptors (Lipinski definition) is 5. The summed E-state index contributed by atoms with van der Waals surface area (Å²) < 4.78 is 11.4. The molecule has 0 saturated heterocycles. The average Bonchev–Trinajstić information content (AvgIpc) is 3.14. The van der Waals surface area contributed by atoms with E-state index in [2.05, 4.69) is 0 Å². The van der Waals surface area contributed by atoms with Gasteiger partial charge in [-0.05, 0) is 31.7 Å². The van der Waals surface area contributed by atoms with E-state index in [9.17, 15) is 14.4 Å². The van der Waals surface area contributed by atoms with Gasteiger partial charge < -0.3 is 19.3 Å². The second-order valence-corrected chi connectivity index (χ2v) is 8.51. The molecule has 0 bridgehead atoms. The maximum atomic E-state index is 13.8. The Kier molecular flexibility index (Phi) is 4.47. The van der Waals surface area contributed by atoms with Gasteiger partial charge in [-0.15, -0.1) is 0 Å². The van der Waals surface area contributed by atoms with E-state index in [1.54, 1.807) is 24.0 Å². The monoisotopic (exact) mass is 410 g/mol. The number of ether oxygens (including phenoxy) is 2. The Morgan fingerprint density at radius 2 is 1.93 bits per heavy atom. The molecule has 7 nitrogen and oxygen atoms in total. The molecule has 2 amide bonds. The van der Waals surface area contributed by atoms with E-state index in [0.717, 1.165) is 31.4 Å². The van der Waals surface area contributed by atoms with Gasteiger partial charge in [0.1, 0.15) is 6.10 Å². The van der Waals surface area contributed by atoms with Crippen LogP contribution >= 0.6 is 0 Å². The van der Waals surface area contributed by atoms with Gasteiger partial charge in [0.05, 0.1) is 11.5 Å². The molecule has 1 aromatic carbocycles. The summed E-state index contributed by atoms with van der Waals surface area (Å²) in [5.74, 6) is -0.935. The number of nitrogens with zero attached hydrogens (tertiary/aromatic N) is 2. The number of carbonyl (C=O) groups is 3. The fourth-order valence-corrected chi connectivity index (χ4v) is 5.63. The van der Waals surface area contributed by atoms with Crippen molar-refractivity contribution in [2.75, 3.05) is 32.2 Å². The maximum absolute atomic E-state index is 13.8. The molecule has 1 aromatic rings. The van der Waals surface area contributed by atoms with Gasteiger partial charge in [0.2, 0.25) is 0 Å². The lowest BCUT2D eigenvalue weighted by atomic mass is 9.73. The van der Waals surface area contributed by atoms with Crippen molar-refractivity contribution < 1.29 is 23.9 Å². The third-order valence-electron chi connectivity index (χ3n) is 6.99. The Hall–Kier alpha value is -2.67. The molecule has 5 rings (SSSR count). The van der Waals surface area contributed by atoms with Crippen LogP contribution in [-0.4, -0.2) is 55.9 Å². The zero-order valence-electron chi connectivity index (χ0n) is 17.3.